The molecule has 1 saturated heterocycles. The van der Waals surface area contributed by atoms with Gasteiger partial charge in [0, 0.05) is 44.2 Å². The van der Waals surface area contributed by atoms with Crippen LogP contribution in [0.15, 0.2) is 41.7 Å². The van der Waals surface area contributed by atoms with Crippen LogP contribution in [0.1, 0.15) is 48.8 Å². The molecule has 2 aliphatic rings. The summed E-state index contributed by atoms with van der Waals surface area (Å²) in [6, 6.07) is 8.81. The molecule has 0 bridgehead atoms. The zero-order valence-electron chi connectivity index (χ0n) is 17.2. The lowest BCUT2D eigenvalue weighted by Gasteiger charge is -2.23. The number of likely N-dealkylation sites (tertiary alicyclic amines) is 1. The molecule has 2 aromatic rings. The number of aromatic nitrogens is 2. The Morgan fingerprint density at radius 1 is 1.32 bits per heavy atom. The third-order valence-corrected chi connectivity index (χ3v) is 6.12. The maximum Gasteiger partial charge on any atom is 0.193 e. The molecule has 2 fully saturated rings. The van der Waals surface area contributed by atoms with Crippen LogP contribution < -0.4 is 5.32 Å². The summed E-state index contributed by atoms with van der Waals surface area (Å²) in [4.78, 5) is 7.52. The summed E-state index contributed by atoms with van der Waals surface area (Å²) in [5.41, 5.74) is 4.48. The third kappa shape index (κ3) is 4.36. The fraction of sp³-hybridized carbons (Fsp3) is 0.545. The van der Waals surface area contributed by atoms with Gasteiger partial charge in [-0.1, -0.05) is 24.3 Å². The highest BCUT2D eigenvalue weighted by atomic mass is 127. The summed E-state index contributed by atoms with van der Waals surface area (Å²) in [5, 5.41) is 7.86. The molecule has 0 amide bonds. The molecule has 1 aliphatic heterocycles. The van der Waals surface area contributed by atoms with E-state index in [-0.39, 0.29) is 29.4 Å². The Kier molecular flexibility index (Phi) is 6.68. The Morgan fingerprint density at radius 3 is 2.75 bits per heavy atom. The molecule has 0 spiro atoms. The van der Waals surface area contributed by atoms with Gasteiger partial charge in [0.25, 0.3) is 0 Å². The molecular weight excluding hydrogens is 461 g/mol. The average molecular weight is 493 g/mol. The molecule has 4 rings (SSSR count). The highest BCUT2D eigenvalue weighted by Crippen LogP contribution is 2.49. The smallest absolute Gasteiger partial charge is 0.193 e. The number of hydrogen-bond donors (Lipinski definition) is 1. The maximum atomic E-state index is 5.09. The van der Waals surface area contributed by atoms with Gasteiger partial charge < -0.3 is 10.2 Å². The minimum atomic E-state index is 0. The molecule has 1 N–H and O–H groups in total. The van der Waals surface area contributed by atoms with Crippen LogP contribution >= 0.6 is 24.0 Å². The van der Waals surface area contributed by atoms with Crippen LogP contribution in [-0.2, 0) is 12.5 Å². The quantitative estimate of drug-likeness (QED) is 0.391. The van der Waals surface area contributed by atoms with Crippen molar-refractivity contribution in [1.29, 1.82) is 0 Å². The van der Waals surface area contributed by atoms with Gasteiger partial charge in [0.05, 0.1) is 12.7 Å². The monoisotopic (exact) mass is 493 g/mol. The largest absolute Gasteiger partial charge is 0.357 e. The van der Waals surface area contributed by atoms with Gasteiger partial charge >= 0.3 is 0 Å². The Bertz CT molecular complexity index is 824. The summed E-state index contributed by atoms with van der Waals surface area (Å²) in [7, 11) is 1.99. The maximum absolute atomic E-state index is 5.09. The highest BCUT2D eigenvalue weighted by molar-refractivity contribution is 14.0. The first kappa shape index (κ1) is 21.1. The van der Waals surface area contributed by atoms with Crippen LogP contribution in [0.3, 0.4) is 0 Å². The fourth-order valence-corrected chi connectivity index (χ4v) is 4.36. The lowest BCUT2D eigenvalue weighted by molar-refractivity contribution is 0.483. The number of halogens is 1. The first-order valence-corrected chi connectivity index (χ1v) is 10.2. The van der Waals surface area contributed by atoms with E-state index in [0.29, 0.717) is 5.92 Å². The fourth-order valence-electron chi connectivity index (χ4n) is 4.36. The van der Waals surface area contributed by atoms with E-state index in [1.807, 2.05) is 17.9 Å². The standard InChI is InChI=1S/C22H31N5.HI/c1-4-23-21(27-12-9-18(15-27)19-13-25-26(3)14-19)24-16-22(10-11-22)20-8-6-5-7-17(20)2;/h5-8,13-14,18H,4,9-12,15-16H2,1-3H3,(H,23,24);1H. The van der Waals surface area contributed by atoms with Gasteiger partial charge in [0.2, 0.25) is 0 Å². The number of benzene rings is 1. The van der Waals surface area contributed by atoms with Crippen LogP contribution in [-0.4, -0.2) is 46.8 Å². The van der Waals surface area contributed by atoms with E-state index in [1.165, 1.54) is 36.0 Å². The van der Waals surface area contributed by atoms with Crippen LogP contribution in [0.25, 0.3) is 0 Å². The molecule has 1 aromatic heterocycles. The zero-order valence-corrected chi connectivity index (χ0v) is 19.5. The SMILES string of the molecule is CCNC(=NCC1(c2ccccc2C)CC1)N1CCC(c2cnn(C)c2)C1.I. The summed E-state index contributed by atoms with van der Waals surface area (Å²) in [6.45, 7) is 8.25. The van der Waals surface area contributed by atoms with Crippen LogP contribution in [0.4, 0.5) is 0 Å². The van der Waals surface area contributed by atoms with Gasteiger partial charge in [-0.25, -0.2) is 0 Å². The number of guanidine groups is 1. The second kappa shape index (κ2) is 8.84. The van der Waals surface area contributed by atoms with Gasteiger partial charge in [0.15, 0.2) is 5.96 Å². The Balaban J connectivity index is 0.00000225. The molecule has 0 radical (unpaired) electrons. The van der Waals surface area contributed by atoms with Crippen molar-refractivity contribution < 1.29 is 0 Å². The van der Waals surface area contributed by atoms with E-state index >= 15 is 0 Å². The molecule has 2 heterocycles. The van der Waals surface area contributed by atoms with Gasteiger partial charge in [-0.3, -0.25) is 9.67 Å². The van der Waals surface area contributed by atoms with E-state index in [1.54, 1.807) is 0 Å². The summed E-state index contributed by atoms with van der Waals surface area (Å²) < 4.78 is 1.90. The number of hydrogen-bond acceptors (Lipinski definition) is 2. The third-order valence-electron chi connectivity index (χ3n) is 6.12. The van der Waals surface area contributed by atoms with Crippen molar-refractivity contribution in [1.82, 2.24) is 20.0 Å². The molecular formula is C22H32IN5. The topological polar surface area (TPSA) is 45.5 Å². The molecule has 1 atom stereocenters. The molecule has 28 heavy (non-hydrogen) atoms. The van der Waals surface area contributed by atoms with Crippen LogP contribution in [0.5, 0.6) is 0 Å². The van der Waals surface area contributed by atoms with Crippen LogP contribution in [0, 0.1) is 6.92 Å². The van der Waals surface area contributed by atoms with Crippen LogP contribution in [0.2, 0.25) is 0 Å². The predicted molar refractivity (Wildman–Crippen MR) is 126 cm³/mol. The number of aliphatic imine (C=N–C) groups is 1. The first-order valence-electron chi connectivity index (χ1n) is 10.2. The van der Waals surface area contributed by atoms with E-state index in [2.05, 4.69) is 59.6 Å². The van der Waals surface area contributed by atoms with Crippen molar-refractivity contribution in [2.45, 2.75) is 44.4 Å². The number of rotatable bonds is 5. The van der Waals surface area contributed by atoms with E-state index in [4.69, 9.17) is 4.99 Å². The number of nitrogens with one attached hydrogen (secondary N) is 1. The average Bonchev–Trinajstić information content (AvgIpc) is 3.07. The van der Waals surface area contributed by atoms with Gasteiger partial charge in [0.1, 0.15) is 0 Å². The van der Waals surface area contributed by atoms with Gasteiger partial charge in [-0.05, 0) is 49.8 Å². The lowest BCUT2D eigenvalue weighted by atomic mass is 9.92. The first-order chi connectivity index (χ1) is 13.1. The van der Waals surface area contributed by atoms with E-state index in [0.717, 1.165) is 32.1 Å². The highest BCUT2D eigenvalue weighted by Gasteiger charge is 2.45. The Labute approximate surface area is 185 Å². The molecule has 1 aliphatic carbocycles. The lowest BCUT2D eigenvalue weighted by Crippen LogP contribution is -2.40. The molecule has 152 valence electrons. The Hall–Kier alpha value is -1.57. The van der Waals surface area contributed by atoms with Crippen molar-refractivity contribution in [2.24, 2.45) is 12.0 Å². The molecule has 5 nitrogen and oxygen atoms in total. The summed E-state index contributed by atoms with van der Waals surface area (Å²) >= 11 is 0. The minimum absolute atomic E-state index is 0. The summed E-state index contributed by atoms with van der Waals surface area (Å²) in [6.07, 6.45) is 7.82. The van der Waals surface area contributed by atoms with Crippen molar-refractivity contribution >= 4 is 29.9 Å². The molecule has 1 unspecified atom stereocenters. The van der Waals surface area contributed by atoms with Crippen molar-refractivity contribution in [3.8, 4) is 0 Å². The summed E-state index contributed by atoms with van der Waals surface area (Å²) in [5.74, 6) is 1.62. The zero-order chi connectivity index (χ0) is 18.9. The Morgan fingerprint density at radius 2 is 2.11 bits per heavy atom. The number of aryl methyl sites for hydroxylation is 2. The van der Waals surface area contributed by atoms with E-state index in [9.17, 15) is 0 Å². The minimum Gasteiger partial charge on any atom is -0.357 e. The van der Waals surface area contributed by atoms with E-state index < -0.39 is 0 Å². The van der Waals surface area contributed by atoms with Crippen molar-refractivity contribution in [3.05, 3.63) is 53.3 Å². The van der Waals surface area contributed by atoms with Gasteiger partial charge in [-0.15, -0.1) is 24.0 Å². The van der Waals surface area contributed by atoms with Crippen molar-refractivity contribution in [3.63, 3.8) is 0 Å². The second-order valence-corrected chi connectivity index (χ2v) is 8.14. The molecule has 6 heteroatoms. The van der Waals surface area contributed by atoms with Crippen molar-refractivity contribution in [2.75, 3.05) is 26.2 Å². The molecule has 1 aromatic carbocycles. The van der Waals surface area contributed by atoms with Gasteiger partial charge in [-0.2, -0.15) is 5.10 Å². The number of nitrogens with zero attached hydrogens (tertiary/aromatic N) is 4. The molecule has 1 saturated carbocycles. The second-order valence-electron chi connectivity index (χ2n) is 8.14. The normalized spacial score (nSPS) is 20.8. The predicted octanol–water partition coefficient (Wildman–Crippen LogP) is 3.83.